The molecule has 1 N–H and O–H groups in total. The highest BCUT2D eigenvalue weighted by Gasteiger charge is 2.29. The number of H-pyrrole nitrogens is 1. The van der Waals surface area contributed by atoms with Crippen LogP contribution in [0.5, 0.6) is 0 Å². The fourth-order valence-corrected chi connectivity index (χ4v) is 5.16. The van der Waals surface area contributed by atoms with Crippen LogP contribution in [0.3, 0.4) is 0 Å². The van der Waals surface area contributed by atoms with Crippen LogP contribution in [-0.4, -0.2) is 63.9 Å². The summed E-state index contributed by atoms with van der Waals surface area (Å²) in [5, 5.41) is 8.63. The molecule has 3 aromatic heterocycles. The minimum absolute atomic E-state index is 0.152. The molecule has 1 aliphatic heterocycles. The summed E-state index contributed by atoms with van der Waals surface area (Å²) < 4.78 is 38.9. The van der Waals surface area contributed by atoms with Crippen LogP contribution in [0.15, 0.2) is 63.1 Å². The molecule has 12 heteroatoms. The van der Waals surface area contributed by atoms with E-state index < -0.39 is 20.5 Å². The van der Waals surface area contributed by atoms with Crippen molar-refractivity contribution >= 4 is 10.0 Å². The predicted octanol–water partition coefficient (Wildman–Crippen LogP) is 1.67. The summed E-state index contributed by atoms with van der Waals surface area (Å²) in [5.74, 6) is 0.152. The SMILES string of the molecule is Cc1ccccc1Cn1nc(-c2ncc(S(=O)(=O)N3CCOCC3)c(=O)[nH]2)cc1-c1ccon1. The molecule has 4 aromatic rings. The molecule has 176 valence electrons. The molecule has 0 spiro atoms. The van der Waals surface area contributed by atoms with E-state index >= 15 is 0 Å². The van der Waals surface area contributed by atoms with Crippen molar-refractivity contribution in [3.05, 3.63) is 70.3 Å². The molecule has 0 radical (unpaired) electrons. The van der Waals surface area contributed by atoms with Gasteiger partial charge in [-0.15, -0.1) is 0 Å². The first-order chi connectivity index (χ1) is 16.4. The maximum absolute atomic E-state index is 12.9. The number of benzene rings is 1. The molecule has 1 aliphatic rings. The van der Waals surface area contributed by atoms with Crippen molar-refractivity contribution in [2.24, 2.45) is 0 Å². The number of nitrogens with one attached hydrogen (secondary N) is 1. The molecule has 0 unspecified atom stereocenters. The van der Waals surface area contributed by atoms with E-state index in [0.29, 0.717) is 23.6 Å². The van der Waals surface area contributed by atoms with Gasteiger partial charge in [0.05, 0.1) is 31.6 Å². The molecular weight excluding hydrogens is 460 g/mol. The Bertz CT molecular complexity index is 1470. The van der Waals surface area contributed by atoms with Crippen molar-refractivity contribution in [1.29, 1.82) is 0 Å². The monoisotopic (exact) mass is 482 g/mol. The average Bonchev–Trinajstić information content (AvgIpc) is 3.51. The minimum Gasteiger partial charge on any atom is -0.379 e. The van der Waals surface area contributed by atoms with Gasteiger partial charge >= 0.3 is 0 Å². The lowest BCUT2D eigenvalue weighted by molar-refractivity contribution is 0.0730. The molecule has 11 nitrogen and oxygen atoms in total. The third-order valence-corrected chi connectivity index (χ3v) is 7.55. The van der Waals surface area contributed by atoms with Crippen molar-refractivity contribution in [2.45, 2.75) is 18.4 Å². The second-order valence-corrected chi connectivity index (χ2v) is 9.73. The van der Waals surface area contributed by atoms with Gasteiger partial charge in [0.2, 0.25) is 10.0 Å². The number of aromatic amines is 1. The van der Waals surface area contributed by atoms with Gasteiger partial charge in [0, 0.05) is 19.2 Å². The lowest BCUT2D eigenvalue weighted by Gasteiger charge is -2.25. The minimum atomic E-state index is -3.98. The third-order valence-electron chi connectivity index (χ3n) is 5.66. The van der Waals surface area contributed by atoms with E-state index in [1.807, 2.05) is 31.2 Å². The van der Waals surface area contributed by atoms with Crippen LogP contribution in [0, 0.1) is 6.92 Å². The Morgan fingerprint density at radius 3 is 2.62 bits per heavy atom. The van der Waals surface area contributed by atoms with Gasteiger partial charge in [0.15, 0.2) is 10.7 Å². The Hall–Kier alpha value is -3.61. The summed E-state index contributed by atoms with van der Waals surface area (Å²) in [6.07, 6.45) is 2.54. The van der Waals surface area contributed by atoms with Crippen molar-refractivity contribution in [3.8, 4) is 22.9 Å². The number of ether oxygens (including phenoxy) is 1. The van der Waals surface area contributed by atoms with Crippen LogP contribution in [-0.2, 0) is 21.3 Å². The second kappa shape index (κ2) is 8.97. The molecular formula is C22H22N6O5S. The summed E-state index contributed by atoms with van der Waals surface area (Å²) >= 11 is 0. The van der Waals surface area contributed by atoms with Crippen LogP contribution >= 0.6 is 0 Å². The van der Waals surface area contributed by atoms with Crippen LogP contribution in [0.2, 0.25) is 0 Å². The van der Waals surface area contributed by atoms with E-state index in [1.54, 1.807) is 16.8 Å². The number of morpholine rings is 1. The molecule has 0 bridgehead atoms. The van der Waals surface area contributed by atoms with E-state index in [-0.39, 0.29) is 32.1 Å². The number of aryl methyl sites for hydroxylation is 1. The first-order valence-electron chi connectivity index (χ1n) is 10.6. The number of hydrogen-bond acceptors (Lipinski definition) is 8. The van der Waals surface area contributed by atoms with Crippen molar-refractivity contribution in [2.75, 3.05) is 26.3 Å². The van der Waals surface area contributed by atoms with Gasteiger partial charge in [-0.05, 0) is 24.1 Å². The van der Waals surface area contributed by atoms with Gasteiger partial charge in [-0.3, -0.25) is 9.48 Å². The zero-order chi connectivity index (χ0) is 23.7. The number of hydrogen-bond donors (Lipinski definition) is 1. The molecule has 0 atom stereocenters. The second-order valence-electron chi connectivity index (χ2n) is 7.83. The van der Waals surface area contributed by atoms with Crippen molar-refractivity contribution < 1.29 is 17.7 Å². The fraction of sp³-hybridized carbons (Fsp3) is 0.273. The Morgan fingerprint density at radius 2 is 1.91 bits per heavy atom. The standard InChI is InChI=1S/C22H22N6O5S/c1-15-4-2-3-5-16(15)14-28-19(17-6-9-33-26-17)12-18(25-28)21-23-13-20(22(29)24-21)34(30,31)27-7-10-32-11-8-27/h2-6,9,12-13H,7-8,10-11,14H2,1H3,(H,23,24,29). The zero-order valence-corrected chi connectivity index (χ0v) is 19.2. The fourth-order valence-electron chi connectivity index (χ4n) is 3.78. The molecule has 1 saturated heterocycles. The van der Waals surface area contributed by atoms with E-state index in [0.717, 1.165) is 17.3 Å². The Kier molecular flexibility index (Phi) is 5.86. The van der Waals surface area contributed by atoms with Gasteiger partial charge < -0.3 is 14.2 Å². The molecule has 34 heavy (non-hydrogen) atoms. The zero-order valence-electron chi connectivity index (χ0n) is 18.3. The van der Waals surface area contributed by atoms with Gasteiger partial charge in [-0.1, -0.05) is 29.4 Å². The lowest BCUT2D eigenvalue weighted by atomic mass is 10.1. The smallest absolute Gasteiger partial charge is 0.271 e. The van der Waals surface area contributed by atoms with Gasteiger partial charge in [-0.25, -0.2) is 13.4 Å². The van der Waals surface area contributed by atoms with Gasteiger partial charge in [-0.2, -0.15) is 9.40 Å². The summed E-state index contributed by atoms with van der Waals surface area (Å²) in [6.45, 7) is 3.42. The van der Waals surface area contributed by atoms with Crippen LogP contribution in [0.1, 0.15) is 11.1 Å². The number of aromatic nitrogens is 5. The highest BCUT2D eigenvalue weighted by Crippen LogP contribution is 2.25. The number of nitrogens with zero attached hydrogens (tertiary/aromatic N) is 5. The van der Waals surface area contributed by atoms with E-state index in [1.165, 1.54) is 10.6 Å². The quantitative estimate of drug-likeness (QED) is 0.438. The highest BCUT2D eigenvalue weighted by molar-refractivity contribution is 7.89. The van der Waals surface area contributed by atoms with Crippen molar-refractivity contribution in [1.82, 2.24) is 29.2 Å². The first kappa shape index (κ1) is 22.2. The molecule has 1 aromatic carbocycles. The number of rotatable bonds is 6. The van der Waals surface area contributed by atoms with Crippen LogP contribution < -0.4 is 5.56 Å². The molecule has 5 rings (SSSR count). The number of sulfonamides is 1. The largest absolute Gasteiger partial charge is 0.379 e. The van der Waals surface area contributed by atoms with E-state index in [2.05, 4.69) is 20.2 Å². The van der Waals surface area contributed by atoms with E-state index in [9.17, 15) is 13.2 Å². The predicted molar refractivity (Wildman–Crippen MR) is 121 cm³/mol. The van der Waals surface area contributed by atoms with Crippen LogP contribution in [0.4, 0.5) is 0 Å². The third kappa shape index (κ3) is 4.18. The first-order valence-corrected chi connectivity index (χ1v) is 12.1. The Morgan fingerprint density at radius 1 is 1.12 bits per heavy atom. The maximum atomic E-state index is 12.9. The summed E-state index contributed by atoms with van der Waals surface area (Å²) in [6, 6.07) is 11.4. The van der Waals surface area contributed by atoms with Gasteiger partial charge in [0.1, 0.15) is 17.7 Å². The molecule has 4 heterocycles. The maximum Gasteiger partial charge on any atom is 0.271 e. The highest BCUT2D eigenvalue weighted by atomic mass is 32.2. The average molecular weight is 483 g/mol. The lowest BCUT2D eigenvalue weighted by Crippen LogP contribution is -2.42. The summed E-state index contributed by atoms with van der Waals surface area (Å²) in [4.78, 5) is 19.2. The van der Waals surface area contributed by atoms with Crippen LogP contribution in [0.25, 0.3) is 22.9 Å². The van der Waals surface area contributed by atoms with Gasteiger partial charge in [0.25, 0.3) is 5.56 Å². The summed E-state index contributed by atoms with van der Waals surface area (Å²) in [5.41, 5.74) is 3.03. The van der Waals surface area contributed by atoms with Crippen molar-refractivity contribution in [3.63, 3.8) is 0 Å². The topological polar surface area (TPSA) is 136 Å². The molecule has 0 amide bonds. The summed E-state index contributed by atoms with van der Waals surface area (Å²) in [7, 11) is -3.98. The van der Waals surface area contributed by atoms with E-state index in [4.69, 9.17) is 9.26 Å². The molecule has 0 saturated carbocycles. The Balaban J connectivity index is 1.52. The molecule has 0 aliphatic carbocycles. The normalized spacial score (nSPS) is 15.0. The molecule has 1 fully saturated rings. The Labute approximate surface area is 195 Å².